The van der Waals surface area contributed by atoms with Crippen molar-refractivity contribution in [3.05, 3.63) is 18.2 Å². The number of hydrogen-bond acceptors (Lipinski definition) is 5. The van der Waals surface area contributed by atoms with Gasteiger partial charge in [-0.15, -0.1) is 0 Å². The molecule has 2 heterocycles. The van der Waals surface area contributed by atoms with E-state index in [-0.39, 0.29) is 0 Å². The van der Waals surface area contributed by atoms with Crippen molar-refractivity contribution in [1.82, 2.24) is 15.5 Å². The van der Waals surface area contributed by atoms with Gasteiger partial charge in [0.1, 0.15) is 11.5 Å². The second-order valence-electron chi connectivity index (χ2n) is 8.55. The van der Waals surface area contributed by atoms with Crippen LogP contribution >= 0.6 is 0 Å². The zero-order valence-corrected chi connectivity index (χ0v) is 19.1. The van der Waals surface area contributed by atoms with Crippen LogP contribution in [0.1, 0.15) is 32.6 Å². The number of ether oxygens (including phenoxy) is 2. The maximum Gasteiger partial charge on any atom is 0.191 e. The number of aliphatic imine (C=N–C) groups is 1. The molecule has 0 radical (unpaired) electrons. The topological polar surface area (TPSA) is 61.4 Å². The Morgan fingerprint density at radius 3 is 2.53 bits per heavy atom. The number of rotatable bonds is 8. The number of nitrogens with zero attached hydrogens (tertiary/aromatic N) is 3. The first kappa shape index (κ1) is 22.5. The summed E-state index contributed by atoms with van der Waals surface area (Å²) in [7, 11) is 5.23. The maximum absolute atomic E-state index is 5.42. The van der Waals surface area contributed by atoms with E-state index in [0.29, 0.717) is 6.04 Å². The Morgan fingerprint density at radius 1 is 1.10 bits per heavy atom. The molecule has 3 rings (SSSR count). The highest BCUT2D eigenvalue weighted by Crippen LogP contribution is 2.30. The van der Waals surface area contributed by atoms with Crippen LogP contribution in [0.2, 0.25) is 0 Å². The van der Waals surface area contributed by atoms with Crippen LogP contribution in [0.5, 0.6) is 11.5 Å². The first-order chi connectivity index (χ1) is 14.6. The summed E-state index contributed by atoms with van der Waals surface area (Å²) in [6, 6.07) is 6.42. The van der Waals surface area contributed by atoms with E-state index in [1.165, 1.54) is 32.5 Å². The number of benzene rings is 1. The van der Waals surface area contributed by atoms with Crippen LogP contribution in [-0.4, -0.2) is 77.4 Å². The highest BCUT2D eigenvalue weighted by Gasteiger charge is 2.24. The van der Waals surface area contributed by atoms with Crippen molar-refractivity contribution in [2.24, 2.45) is 10.9 Å². The molecule has 0 aromatic heterocycles. The molecule has 2 fully saturated rings. The van der Waals surface area contributed by atoms with Crippen molar-refractivity contribution >= 4 is 11.6 Å². The molecule has 1 aromatic rings. The average molecular weight is 418 g/mol. The van der Waals surface area contributed by atoms with Gasteiger partial charge >= 0.3 is 0 Å². The second-order valence-corrected chi connectivity index (χ2v) is 8.55. The van der Waals surface area contributed by atoms with E-state index >= 15 is 0 Å². The lowest BCUT2D eigenvalue weighted by molar-refractivity contribution is 0.182. The van der Waals surface area contributed by atoms with Crippen LogP contribution in [-0.2, 0) is 0 Å². The molecule has 0 bridgehead atoms. The predicted octanol–water partition coefficient (Wildman–Crippen LogP) is 2.57. The minimum atomic E-state index is 0.372. The SMILES string of the molecule is CN=C(NCCCN1CCCC(C)C1)NC1CCN(c2cc(OC)cc(OC)c2)C1. The standard InChI is InChI=1S/C23H39N5O2/c1-18-7-5-10-27(16-18)11-6-9-25-23(24-2)26-19-8-12-28(17-19)20-13-21(29-3)15-22(14-20)30-4/h13-15,18-19H,5-12,16-17H2,1-4H3,(H2,24,25,26). The van der Waals surface area contributed by atoms with Gasteiger partial charge in [-0.05, 0) is 44.7 Å². The maximum atomic E-state index is 5.42. The van der Waals surface area contributed by atoms with Crippen LogP contribution < -0.4 is 25.0 Å². The molecule has 7 heteroatoms. The van der Waals surface area contributed by atoms with Gasteiger partial charge in [-0.2, -0.15) is 0 Å². The molecule has 7 nitrogen and oxygen atoms in total. The number of piperidine rings is 1. The summed E-state index contributed by atoms with van der Waals surface area (Å²) >= 11 is 0. The minimum Gasteiger partial charge on any atom is -0.497 e. The lowest BCUT2D eigenvalue weighted by Crippen LogP contribution is -2.45. The van der Waals surface area contributed by atoms with Crippen molar-refractivity contribution in [3.63, 3.8) is 0 Å². The van der Waals surface area contributed by atoms with Crippen LogP contribution in [0.3, 0.4) is 0 Å². The molecule has 30 heavy (non-hydrogen) atoms. The van der Waals surface area contributed by atoms with Crippen molar-refractivity contribution in [3.8, 4) is 11.5 Å². The first-order valence-electron chi connectivity index (χ1n) is 11.3. The van der Waals surface area contributed by atoms with E-state index in [1.807, 2.05) is 13.1 Å². The van der Waals surface area contributed by atoms with Gasteiger partial charge in [0.2, 0.25) is 0 Å². The summed E-state index contributed by atoms with van der Waals surface area (Å²) in [6.07, 6.45) is 4.95. The average Bonchev–Trinajstić information content (AvgIpc) is 3.24. The molecular formula is C23H39N5O2. The van der Waals surface area contributed by atoms with Crippen molar-refractivity contribution in [2.75, 3.05) is 65.4 Å². The van der Waals surface area contributed by atoms with E-state index in [2.05, 4.69) is 44.5 Å². The number of methoxy groups -OCH3 is 2. The van der Waals surface area contributed by atoms with Crippen LogP contribution in [0.4, 0.5) is 5.69 Å². The number of likely N-dealkylation sites (tertiary alicyclic amines) is 1. The highest BCUT2D eigenvalue weighted by atomic mass is 16.5. The largest absolute Gasteiger partial charge is 0.497 e. The lowest BCUT2D eigenvalue weighted by atomic mass is 10.0. The Morgan fingerprint density at radius 2 is 1.87 bits per heavy atom. The smallest absolute Gasteiger partial charge is 0.191 e. The highest BCUT2D eigenvalue weighted by molar-refractivity contribution is 5.80. The van der Waals surface area contributed by atoms with Gasteiger partial charge in [-0.1, -0.05) is 6.92 Å². The van der Waals surface area contributed by atoms with E-state index < -0.39 is 0 Å². The van der Waals surface area contributed by atoms with Crippen LogP contribution in [0, 0.1) is 5.92 Å². The number of anilines is 1. The van der Waals surface area contributed by atoms with Crippen molar-refractivity contribution in [2.45, 2.75) is 38.6 Å². The van der Waals surface area contributed by atoms with Crippen LogP contribution in [0.25, 0.3) is 0 Å². The Kier molecular flexibility index (Phi) is 8.49. The molecule has 0 spiro atoms. The van der Waals surface area contributed by atoms with E-state index in [1.54, 1.807) is 14.2 Å². The van der Waals surface area contributed by atoms with Gasteiger partial charge in [0.25, 0.3) is 0 Å². The molecule has 2 saturated heterocycles. The van der Waals surface area contributed by atoms with Gasteiger partial charge in [0.05, 0.1) is 14.2 Å². The molecule has 2 unspecified atom stereocenters. The summed E-state index contributed by atoms with van der Waals surface area (Å²) in [5, 5.41) is 7.08. The van der Waals surface area contributed by atoms with Gasteiger partial charge in [-0.3, -0.25) is 4.99 Å². The summed E-state index contributed by atoms with van der Waals surface area (Å²) in [5.74, 6) is 3.38. The fourth-order valence-electron chi connectivity index (χ4n) is 4.47. The third-order valence-corrected chi connectivity index (χ3v) is 6.14. The number of guanidine groups is 1. The summed E-state index contributed by atoms with van der Waals surface area (Å²) in [6.45, 7) is 8.92. The normalized spacial score (nSPS) is 22.8. The van der Waals surface area contributed by atoms with Gasteiger partial charge in [0, 0.05) is 63.2 Å². The molecule has 2 aliphatic rings. The Bertz CT molecular complexity index is 674. The Labute approximate surface area is 181 Å². The molecule has 0 saturated carbocycles. The zero-order chi connectivity index (χ0) is 21.3. The van der Waals surface area contributed by atoms with Crippen molar-refractivity contribution in [1.29, 1.82) is 0 Å². The van der Waals surface area contributed by atoms with Gasteiger partial charge in [0.15, 0.2) is 5.96 Å². The van der Waals surface area contributed by atoms with Gasteiger partial charge in [-0.25, -0.2) is 0 Å². The minimum absolute atomic E-state index is 0.372. The molecule has 168 valence electrons. The van der Waals surface area contributed by atoms with E-state index in [4.69, 9.17) is 9.47 Å². The third-order valence-electron chi connectivity index (χ3n) is 6.14. The molecule has 2 N–H and O–H groups in total. The van der Waals surface area contributed by atoms with Crippen molar-refractivity contribution < 1.29 is 9.47 Å². The quantitative estimate of drug-likeness (QED) is 0.385. The zero-order valence-electron chi connectivity index (χ0n) is 19.1. The summed E-state index contributed by atoms with van der Waals surface area (Å²) in [5.41, 5.74) is 1.13. The molecule has 1 aromatic carbocycles. The molecule has 2 aliphatic heterocycles. The Hall–Kier alpha value is -2.15. The van der Waals surface area contributed by atoms with E-state index in [0.717, 1.165) is 61.5 Å². The predicted molar refractivity (Wildman–Crippen MR) is 124 cm³/mol. The summed E-state index contributed by atoms with van der Waals surface area (Å²) < 4.78 is 10.8. The molecule has 2 atom stereocenters. The fraction of sp³-hybridized carbons (Fsp3) is 0.696. The second kappa shape index (κ2) is 11.3. The monoisotopic (exact) mass is 417 g/mol. The van der Waals surface area contributed by atoms with Crippen LogP contribution in [0.15, 0.2) is 23.2 Å². The number of hydrogen-bond donors (Lipinski definition) is 2. The Balaban J connectivity index is 1.42. The first-order valence-corrected chi connectivity index (χ1v) is 11.3. The third kappa shape index (κ3) is 6.42. The lowest BCUT2D eigenvalue weighted by Gasteiger charge is -2.30. The fourth-order valence-corrected chi connectivity index (χ4v) is 4.47. The summed E-state index contributed by atoms with van der Waals surface area (Å²) in [4.78, 5) is 9.39. The molecule has 0 amide bonds. The molecule has 0 aliphatic carbocycles. The number of nitrogens with one attached hydrogen (secondary N) is 2. The molecular weight excluding hydrogens is 378 g/mol. The van der Waals surface area contributed by atoms with Gasteiger partial charge < -0.3 is 29.9 Å². The van der Waals surface area contributed by atoms with E-state index in [9.17, 15) is 0 Å².